The van der Waals surface area contributed by atoms with E-state index in [1.807, 2.05) is 20.8 Å². The zero-order chi connectivity index (χ0) is 17.2. The molecule has 0 aliphatic rings. The molecule has 0 fully saturated rings. The monoisotopic (exact) mass is 316 g/mol. The van der Waals surface area contributed by atoms with Crippen LogP contribution < -0.4 is 11.1 Å². The minimum absolute atomic E-state index is 0.357. The summed E-state index contributed by atoms with van der Waals surface area (Å²) in [5.41, 5.74) is 5.25. The van der Waals surface area contributed by atoms with Crippen LogP contribution in [0.15, 0.2) is 4.99 Å². The van der Waals surface area contributed by atoms with E-state index in [1.54, 1.807) is 12.0 Å². The van der Waals surface area contributed by atoms with Gasteiger partial charge >= 0.3 is 6.09 Å². The molecule has 0 saturated carbocycles. The van der Waals surface area contributed by atoms with Crippen LogP contribution in [-0.4, -0.2) is 62.4 Å². The molecule has 7 heteroatoms. The van der Waals surface area contributed by atoms with Gasteiger partial charge in [-0.05, 0) is 26.7 Å². The van der Waals surface area contributed by atoms with Gasteiger partial charge in [0, 0.05) is 33.3 Å². The SMILES string of the molecule is COCCN(CCNC(N)=NCC(C)C)C(=O)OC(C)(C)C. The van der Waals surface area contributed by atoms with Gasteiger partial charge in [-0.1, -0.05) is 13.8 Å². The molecular weight excluding hydrogens is 284 g/mol. The molecule has 0 atom stereocenters. The van der Waals surface area contributed by atoms with E-state index in [1.165, 1.54) is 0 Å². The second kappa shape index (κ2) is 10.3. The van der Waals surface area contributed by atoms with Crippen LogP contribution in [-0.2, 0) is 9.47 Å². The largest absolute Gasteiger partial charge is 0.444 e. The number of hydrogen-bond acceptors (Lipinski definition) is 4. The average molecular weight is 316 g/mol. The lowest BCUT2D eigenvalue weighted by atomic mass is 10.2. The van der Waals surface area contributed by atoms with Gasteiger partial charge in [0.25, 0.3) is 0 Å². The minimum atomic E-state index is -0.520. The highest BCUT2D eigenvalue weighted by molar-refractivity contribution is 5.77. The van der Waals surface area contributed by atoms with Gasteiger partial charge < -0.3 is 25.4 Å². The molecule has 0 aromatic carbocycles. The fourth-order valence-electron chi connectivity index (χ4n) is 1.48. The molecule has 0 aromatic rings. The molecule has 0 spiro atoms. The zero-order valence-corrected chi connectivity index (χ0v) is 14.8. The highest BCUT2D eigenvalue weighted by Gasteiger charge is 2.21. The molecule has 0 saturated heterocycles. The van der Waals surface area contributed by atoms with Crippen LogP contribution in [0.1, 0.15) is 34.6 Å². The average Bonchev–Trinajstić information content (AvgIpc) is 2.38. The Labute approximate surface area is 134 Å². The smallest absolute Gasteiger partial charge is 0.410 e. The summed E-state index contributed by atoms with van der Waals surface area (Å²) in [6.45, 7) is 12.3. The van der Waals surface area contributed by atoms with Crippen molar-refractivity contribution in [1.82, 2.24) is 10.2 Å². The third kappa shape index (κ3) is 11.2. The number of rotatable bonds is 8. The van der Waals surface area contributed by atoms with E-state index in [-0.39, 0.29) is 6.09 Å². The standard InChI is InChI=1S/C15H32N4O3/c1-12(2)11-18-13(16)17-7-8-19(9-10-21-6)14(20)22-15(3,4)5/h12H,7-11H2,1-6H3,(H3,16,17,18). The number of amides is 1. The number of aliphatic imine (C=N–C) groups is 1. The Morgan fingerprint density at radius 3 is 2.45 bits per heavy atom. The predicted molar refractivity (Wildman–Crippen MR) is 89.0 cm³/mol. The number of carbonyl (C=O) groups excluding carboxylic acids is 1. The topological polar surface area (TPSA) is 89.2 Å². The number of nitrogens with one attached hydrogen (secondary N) is 1. The summed E-state index contributed by atoms with van der Waals surface area (Å²) < 4.78 is 10.4. The second-order valence-electron chi connectivity index (χ2n) is 6.51. The van der Waals surface area contributed by atoms with Crippen LogP contribution in [0, 0.1) is 5.92 Å². The Bertz CT molecular complexity index is 351. The molecule has 0 aliphatic heterocycles. The number of ether oxygens (including phenoxy) is 2. The van der Waals surface area contributed by atoms with E-state index < -0.39 is 5.60 Å². The molecule has 22 heavy (non-hydrogen) atoms. The molecule has 7 nitrogen and oxygen atoms in total. The summed E-state index contributed by atoms with van der Waals surface area (Å²) >= 11 is 0. The summed E-state index contributed by atoms with van der Waals surface area (Å²) in [4.78, 5) is 17.9. The number of hydrogen-bond donors (Lipinski definition) is 2. The van der Waals surface area contributed by atoms with E-state index >= 15 is 0 Å². The number of nitrogens with two attached hydrogens (primary N) is 1. The van der Waals surface area contributed by atoms with Gasteiger partial charge in [-0.2, -0.15) is 0 Å². The Hall–Kier alpha value is -1.50. The van der Waals surface area contributed by atoms with E-state index in [9.17, 15) is 4.79 Å². The number of nitrogens with zero attached hydrogens (tertiary/aromatic N) is 2. The molecule has 0 bridgehead atoms. The van der Waals surface area contributed by atoms with Crippen molar-refractivity contribution in [3.8, 4) is 0 Å². The summed E-state index contributed by atoms with van der Waals surface area (Å²) in [6, 6.07) is 0. The Kier molecular flexibility index (Phi) is 9.56. The van der Waals surface area contributed by atoms with Gasteiger partial charge in [0.1, 0.15) is 5.60 Å². The molecule has 0 radical (unpaired) electrons. The maximum Gasteiger partial charge on any atom is 0.410 e. The highest BCUT2D eigenvalue weighted by Crippen LogP contribution is 2.09. The van der Waals surface area contributed by atoms with Crippen molar-refractivity contribution in [1.29, 1.82) is 0 Å². The van der Waals surface area contributed by atoms with Gasteiger partial charge in [-0.3, -0.25) is 4.99 Å². The predicted octanol–water partition coefficient (Wildman–Crippen LogP) is 1.43. The van der Waals surface area contributed by atoms with Crippen molar-refractivity contribution < 1.29 is 14.3 Å². The van der Waals surface area contributed by atoms with Gasteiger partial charge in [0.2, 0.25) is 0 Å². The summed E-state index contributed by atoms with van der Waals surface area (Å²) in [5.74, 6) is 0.852. The van der Waals surface area contributed by atoms with E-state index in [4.69, 9.17) is 15.2 Å². The fourth-order valence-corrected chi connectivity index (χ4v) is 1.48. The minimum Gasteiger partial charge on any atom is -0.444 e. The van der Waals surface area contributed by atoms with Crippen LogP contribution in [0.2, 0.25) is 0 Å². The molecule has 0 rings (SSSR count). The number of guanidine groups is 1. The molecule has 130 valence electrons. The molecule has 3 N–H and O–H groups in total. The normalized spacial score (nSPS) is 12.4. The maximum atomic E-state index is 12.1. The van der Waals surface area contributed by atoms with Crippen molar-refractivity contribution in [2.24, 2.45) is 16.6 Å². The van der Waals surface area contributed by atoms with Gasteiger partial charge in [-0.15, -0.1) is 0 Å². The van der Waals surface area contributed by atoms with E-state index in [2.05, 4.69) is 24.2 Å². The molecule has 1 amide bonds. The maximum absolute atomic E-state index is 12.1. The quantitative estimate of drug-likeness (QED) is 0.522. The van der Waals surface area contributed by atoms with E-state index in [0.29, 0.717) is 44.7 Å². The lowest BCUT2D eigenvalue weighted by Crippen LogP contribution is -2.44. The first kappa shape index (κ1) is 20.5. The van der Waals surface area contributed by atoms with Crippen molar-refractivity contribution >= 4 is 12.1 Å². The number of methoxy groups -OCH3 is 1. The van der Waals surface area contributed by atoms with Crippen LogP contribution in [0.4, 0.5) is 4.79 Å². The lowest BCUT2D eigenvalue weighted by molar-refractivity contribution is 0.0206. The molecule has 0 heterocycles. The van der Waals surface area contributed by atoms with Gasteiger partial charge in [0.15, 0.2) is 5.96 Å². The van der Waals surface area contributed by atoms with Crippen LogP contribution in [0.25, 0.3) is 0 Å². The summed E-state index contributed by atoms with van der Waals surface area (Å²) in [6.07, 6.45) is -0.357. The van der Waals surface area contributed by atoms with Crippen LogP contribution in [0.5, 0.6) is 0 Å². The fraction of sp³-hybridized carbons (Fsp3) is 0.867. The van der Waals surface area contributed by atoms with Crippen LogP contribution >= 0.6 is 0 Å². The first-order valence-electron chi connectivity index (χ1n) is 7.66. The number of carbonyl (C=O) groups is 1. The van der Waals surface area contributed by atoms with E-state index in [0.717, 1.165) is 0 Å². The molecule has 0 aromatic heterocycles. The first-order valence-corrected chi connectivity index (χ1v) is 7.66. The summed E-state index contributed by atoms with van der Waals surface area (Å²) in [7, 11) is 1.60. The van der Waals surface area contributed by atoms with Crippen molar-refractivity contribution in [3.63, 3.8) is 0 Å². The van der Waals surface area contributed by atoms with Gasteiger partial charge in [0.05, 0.1) is 6.61 Å². The van der Waals surface area contributed by atoms with Crippen molar-refractivity contribution in [3.05, 3.63) is 0 Å². The Morgan fingerprint density at radius 2 is 1.95 bits per heavy atom. The molecule has 0 aliphatic carbocycles. The van der Waals surface area contributed by atoms with Gasteiger partial charge in [-0.25, -0.2) is 4.79 Å². The third-order valence-corrected chi connectivity index (χ3v) is 2.53. The lowest BCUT2D eigenvalue weighted by Gasteiger charge is -2.27. The third-order valence-electron chi connectivity index (χ3n) is 2.53. The zero-order valence-electron chi connectivity index (χ0n) is 14.8. The Balaban J connectivity index is 4.35. The summed E-state index contributed by atoms with van der Waals surface area (Å²) in [5, 5.41) is 3.00. The highest BCUT2D eigenvalue weighted by atomic mass is 16.6. The molecular formula is C15H32N4O3. The van der Waals surface area contributed by atoms with Crippen LogP contribution in [0.3, 0.4) is 0 Å². The second-order valence-corrected chi connectivity index (χ2v) is 6.51. The first-order chi connectivity index (χ1) is 10.2. The molecule has 0 unspecified atom stereocenters. The van der Waals surface area contributed by atoms with Crippen molar-refractivity contribution in [2.45, 2.75) is 40.2 Å². The Morgan fingerprint density at radius 1 is 1.32 bits per heavy atom. The van der Waals surface area contributed by atoms with Crippen molar-refractivity contribution in [2.75, 3.05) is 39.9 Å².